The van der Waals surface area contributed by atoms with Crippen molar-refractivity contribution in [3.05, 3.63) is 65.5 Å². The van der Waals surface area contributed by atoms with Crippen molar-refractivity contribution in [2.75, 3.05) is 0 Å². The van der Waals surface area contributed by atoms with Crippen LogP contribution in [0.5, 0.6) is 0 Å². The van der Waals surface area contributed by atoms with E-state index < -0.39 is 0 Å². The molecule has 0 aliphatic heterocycles. The molecular weight excluding hydrogens is 296 g/mol. The van der Waals surface area contributed by atoms with E-state index in [-0.39, 0.29) is 11.3 Å². The Morgan fingerprint density at radius 1 is 1.04 bits per heavy atom. The lowest BCUT2D eigenvalue weighted by Gasteiger charge is -2.19. The molecule has 3 nitrogen and oxygen atoms in total. The second-order valence-corrected chi connectivity index (χ2v) is 7.39. The van der Waals surface area contributed by atoms with E-state index in [4.69, 9.17) is 4.98 Å². The maximum Gasteiger partial charge on any atom is 0.232 e. The van der Waals surface area contributed by atoms with Crippen LogP contribution in [0.25, 0.3) is 11.0 Å². The first-order valence-corrected chi connectivity index (χ1v) is 8.43. The highest BCUT2D eigenvalue weighted by atomic mass is 16.2. The largest absolute Gasteiger partial charge is 0.274 e. The summed E-state index contributed by atoms with van der Waals surface area (Å²) in [7, 11) is 0. The maximum atomic E-state index is 13.0. The lowest BCUT2D eigenvalue weighted by molar-refractivity contribution is 0.0900. The Morgan fingerprint density at radius 2 is 1.71 bits per heavy atom. The zero-order valence-electron chi connectivity index (χ0n) is 14.8. The zero-order chi connectivity index (χ0) is 17.3. The van der Waals surface area contributed by atoms with Gasteiger partial charge in [0.15, 0.2) is 0 Å². The van der Waals surface area contributed by atoms with Crippen molar-refractivity contribution in [2.24, 2.45) is 0 Å². The van der Waals surface area contributed by atoms with Crippen molar-refractivity contribution in [3.8, 4) is 0 Å². The van der Waals surface area contributed by atoms with Crippen molar-refractivity contribution < 1.29 is 4.79 Å². The summed E-state index contributed by atoms with van der Waals surface area (Å²) >= 11 is 0. The molecule has 1 heterocycles. The summed E-state index contributed by atoms with van der Waals surface area (Å²) in [5.74, 6) is 0.937. The monoisotopic (exact) mass is 320 g/mol. The Morgan fingerprint density at radius 3 is 2.38 bits per heavy atom. The average Bonchev–Trinajstić information content (AvgIpc) is 2.94. The molecule has 0 radical (unpaired) electrons. The minimum atomic E-state index is -0.182. The second-order valence-electron chi connectivity index (χ2n) is 7.39. The predicted octanol–water partition coefficient (Wildman–Crippen LogP) is 4.92. The quantitative estimate of drug-likeness (QED) is 0.687. The third-order valence-electron chi connectivity index (χ3n) is 4.23. The van der Waals surface area contributed by atoms with Crippen molar-refractivity contribution in [3.63, 3.8) is 0 Å². The molecule has 3 heteroatoms. The molecule has 0 bridgehead atoms. The van der Waals surface area contributed by atoms with Gasteiger partial charge in [-0.05, 0) is 31.0 Å². The molecule has 0 amide bonds. The molecule has 0 spiro atoms. The lowest BCUT2D eigenvalue weighted by Crippen LogP contribution is -2.23. The van der Waals surface area contributed by atoms with Crippen LogP contribution in [-0.2, 0) is 11.8 Å². The summed E-state index contributed by atoms with van der Waals surface area (Å²) in [6.45, 7) is 8.36. The van der Waals surface area contributed by atoms with Gasteiger partial charge >= 0.3 is 0 Å². The number of aryl methyl sites for hydroxylation is 2. The number of imidazole rings is 1. The number of hydrogen-bond donors (Lipinski definition) is 0. The number of rotatable bonds is 3. The summed E-state index contributed by atoms with van der Waals surface area (Å²) in [4.78, 5) is 17.7. The first kappa shape index (κ1) is 16.4. The summed E-state index contributed by atoms with van der Waals surface area (Å²) in [5, 5.41) is 0. The van der Waals surface area contributed by atoms with Crippen LogP contribution >= 0.6 is 0 Å². The summed E-state index contributed by atoms with van der Waals surface area (Å²) in [5.41, 5.74) is 4.03. The Labute approximate surface area is 143 Å². The number of hydrogen-bond acceptors (Lipinski definition) is 2. The first-order chi connectivity index (χ1) is 11.4. The van der Waals surface area contributed by atoms with Crippen LogP contribution in [0.1, 0.15) is 48.9 Å². The third-order valence-corrected chi connectivity index (χ3v) is 4.23. The lowest BCUT2D eigenvalue weighted by atomic mass is 9.95. The average molecular weight is 320 g/mol. The third kappa shape index (κ3) is 3.25. The highest BCUT2D eigenvalue weighted by Crippen LogP contribution is 2.26. The smallest absolute Gasteiger partial charge is 0.232 e. The van der Waals surface area contributed by atoms with Gasteiger partial charge in [0.05, 0.1) is 11.0 Å². The predicted molar refractivity (Wildman–Crippen MR) is 98.6 cm³/mol. The standard InChI is InChI=1S/C21H24N2O/c1-15-9-11-16(12-10-15)13-14-19(24)23-18-8-6-5-7-17(18)22-20(23)21(2,3)4/h5-12H,13-14H2,1-4H3. The Bertz CT molecular complexity index is 867. The molecule has 0 saturated heterocycles. The Balaban J connectivity index is 1.92. The van der Waals surface area contributed by atoms with Crippen LogP contribution in [-0.4, -0.2) is 15.5 Å². The number of aromatic nitrogens is 2. The fourth-order valence-electron chi connectivity index (χ4n) is 2.90. The number of para-hydroxylation sites is 2. The van der Waals surface area contributed by atoms with Gasteiger partial charge < -0.3 is 0 Å². The molecule has 0 N–H and O–H groups in total. The minimum Gasteiger partial charge on any atom is -0.274 e. The van der Waals surface area contributed by atoms with Crippen LogP contribution in [0.15, 0.2) is 48.5 Å². The van der Waals surface area contributed by atoms with Gasteiger partial charge in [0.2, 0.25) is 5.91 Å². The molecular formula is C21H24N2O. The number of fused-ring (bicyclic) bond motifs is 1. The number of nitrogens with zero attached hydrogens (tertiary/aromatic N) is 2. The van der Waals surface area contributed by atoms with Crippen LogP contribution in [0.3, 0.4) is 0 Å². The van der Waals surface area contributed by atoms with Crippen molar-refractivity contribution in [1.29, 1.82) is 0 Å². The van der Waals surface area contributed by atoms with Crippen LogP contribution in [0.2, 0.25) is 0 Å². The molecule has 24 heavy (non-hydrogen) atoms. The normalized spacial score (nSPS) is 11.8. The van der Waals surface area contributed by atoms with Gasteiger partial charge in [-0.1, -0.05) is 62.7 Å². The summed E-state index contributed by atoms with van der Waals surface area (Å²) in [6.07, 6.45) is 1.22. The highest BCUT2D eigenvalue weighted by molar-refractivity contribution is 5.91. The van der Waals surface area contributed by atoms with E-state index >= 15 is 0 Å². The summed E-state index contributed by atoms with van der Waals surface area (Å²) in [6, 6.07) is 16.2. The Kier molecular flexibility index (Phi) is 4.27. The van der Waals surface area contributed by atoms with Gasteiger partial charge in [-0.15, -0.1) is 0 Å². The number of carbonyl (C=O) groups excluding carboxylic acids is 1. The molecule has 0 unspecified atom stereocenters. The van der Waals surface area contributed by atoms with Gasteiger partial charge in [-0.3, -0.25) is 9.36 Å². The molecule has 0 atom stereocenters. The van der Waals surface area contributed by atoms with Gasteiger partial charge in [-0.2, -0.15) is 0 Å². The van der Waals surface area contributed by atoms with Crippen molar-refractivity contribution in [1.82, 2.24) is 9.55 Å². The van der Waals surface area contributed by atoms with E-state index in [1.54, 1.807) is 0 Å². The fourth-order valence-corrected chi connectivity index (χ4v) is 2.90. The van der Waals surface area contributed by atoms with Gasteiger partial charge in [0.1, 0.15) is 5.82 Å². The van der Waals surface area contributed by atoms with E-state index in [9.17, 15) is 4.79 Å². The molecule has 3 rings (SSSR count). The molecule has 3 aromatic rings. The molecule has 0 aliphatic carbocycles. The van der Waals surface area contributed by atoms with Crippen molar-refractivity contribution in [2.45, 2.75) is 46.0 Å². The second kappa shape index (κ2) is 6.23. The van der Waals surface area contributed by atoms with Gasteiger partial charge in [0, 0.05) is 11.8 Å². The molecule has 0 saturated carbocycles. The van der Waals surface area contributed by atoms with Crippen LogP contribution in [0, 0.1) is 6.92 Å². The van der Waals surface area contributed by atoms with E-state index in [0.717, 1.165) is 23.3 Å². The molecule has 124 valence electrons. The van der Waals surface area contributed by atoms with E-state index in [1.165, 1.54) is 11.1 Å². The summed E-state index contributed by atoms with van der Waals surface area (Å²) < 4.78 is 1.81. The molecule has 0 fully saturated rings. The zero-order valence-corrected chi connectivity index (χ0v) is 14.8. The van der Waals surface area contributed by atoms with Crippen LogP contribution in [0.4, 0.5) is 0 Å². The fraction of sp³-hybridized carbons (Fsp3) is 0.333. The number of benzene rings is 2. The highest BCUT2D eigenvalue weighted by Gasteiger charge is 2.25. The first-order valence-electron chi connectivity index (χ1n) is 8.43. The SMILES string of the molecule is Cc1ccc(CCC(=O)n2c(C(C)(C)C)nc3ccccc32)cc1. The number of carbonyl (C=O) groups is 1. The van der Waals surface area contributed by atoms with Crippen LogP contribution < -0.4 is 0 Å². The molecule has 2 aromatic carbocycles. The van der Waals surface area contributed by atoms with E-state index in [1.807, 2.05) is 28.8 Å². The van der Waals surface area contributed by atoms with Gasteiger partial charge in [-0.25, -0.2) is 4.98 Å². The molecule has 0 aliphatic rings. The van der Waals surface area contributed by atoms with Gasteiger partial charge in [0.25, 0.3) is 0 Å². The van der Waals surface area contributed by atoms with Crippen molar-refractivity contribution >= 4 is 16.9 Å². The van der Waals surface area contributed by atoms with E-state index in [0.29, 0.717) is 6.42 Å². The topological polar surface area (TPSA) is 34.9 Å². The minimum absolute atomic E-state index is 0.106. The molecule has 1 aromatic heterocycles. The Hall–Kier alpha value is -2.42. The van der Waals surface area contributed by atoms with E-state index in [2.05, 4.69) is 52.0 Å². The maximum absolute atomic E-state index is 13.0.